The number of imide groups is 1. The van der Waals surface area contributed by atoms with Gasteiger partial charge in [-0.3, -0.25) is 24.5 Å². The molecule has 2 amide bonds. The Kier molecular flexibility index (Phi) is 11.0. The van der Waals surface area contributed by atoms with Crippen LogP contribution in [0.2, 0.25) is 0 Å². The minimum absolute atomic E-state index is 0.0638. The van der Waals surface area contributed by atoms with Crippen LogP contribution in [0, 0.1) is 0 Å². The number of hydroxylamine groups is 2. The van der Waals surface area contributed by atoms with Gasteiger partial charge in [-0.1, -0.05) is 26.7 Å². The van der Waals surface area contributed by atoms with Crippen LogP contribution < -0.4 is 5.32 Å². The summed E-state index contributed by atoms with van der Waals surface area (Å²) in [4.78, 5) is 37.4. The van der Waals surface area contributed by atoms with Gasteiger partial charge in [0, 0.05) is 13.1 Å². The fourth-order valence-electron chi connectivity index (χ4n) is 1.41. The van der Waals surface area contributed by atoms with Gasteiger partial charge in [-0.25, -0.2) is 0 Å². The van der Waals surface area contributed by atoms with Crippen LogP contribution in [-0.2, 0) is 19.2 Å². The summed E-state index contributed by atoms with van der Waals surface area (Å²) in [5.74, 6) is -1.41. The molecule has 6 heteroatoms. The van der Waals surface area contributed by atoms with Gasteiger partial charge < -0.3 is 0 Å². The molecule has 0 aliphatic carbocycles. The minimum Gasteiger partial charge on any atom is -0.298 e. The Morgan fingerprint density at radius 1 is 1.16 bits per heavy atom. The Bertz CT molecular complexity index is 274. The number of amides is 2. The standard InChI is InChI=1S/C13H24N2O4/c1-3-5-8-15(9-6-4-2)19-10-7-12(17)14-13(18)11-16/h11H,3-10H2,1-2H3,(H,14,17,18). The second-order valence-corrected chi connectivity index (χ2v) is 4.25. The fraction of sp³-hybridized carbons (Fsp3) is 0.769. The van der Waals surface area contributed by atoms with Crippen molar-refractivity contribution in [2.24, 2.45) is 0 Å². The predicted molar refractivity (Wildman–Crippen MR) is 71.2 cm³/mol. The molecule has 0 aliphatic heterocycles. The molecule has 110 valence electrons. The first kappa shape index (κ1) is 17.7. The van der Waals surface area contributed by atoms with Gasteiger partial charge in [-0.05, 0) is 12.8 Å². The van der Waals surface area contributed by atoms with Crippen LogP contribution in [-0.4, -0.2) is 42.9 Å². The molecule has 6 nitrogen and oxygen atoms in total. The van der Waals surface area contributed by atoms with Crippen molar-refractivity contribution in [2.75, 3.05) is 19.7 Å². The number of hydrogen-bond acceptors (Lipinski definition) is 5. The largest absolute Gasteiger partial charge is 0.298 e. The van der Waals surface area contributed by atoms with Crippen LogP contribution >= 0.6 is 0 Å². The van der Waals surface area contributed by atoms with Crippen molar-refractivity contribution in [1.29, 1.82) is 0 Å². The molecular formula is C13H24N2O4. The Labute approximate surface area is 114 Å². The quantitative estimate of drug-likeness (QED) is 0.346. The van der Waals surface area contributed by atoms with E-state index < -0.39 is 11.8 Å². The topological polar surface area (TPSA) is 75.7 Å². The van der Waals surface area contributed by atoms with Crippen molar-refractivity contribution in [3.05, 3.63) is 0 Å². The highest BCUT2D eigenvalue weighted by molar-refractivity contribution is 6.27. The monoisotopic (exact) mass is 272 g/mol. The molecule has 0 spiro atoms. The lowest BCUT2D eigenvalue weighted by Crippen LogP contribution is -2.33. The molecule has 19 heavy (non-hydrogen) atoms. The molecule has 0 aromatic carbocycles. The zero-order valence-electron chi connectivity index (χ0n) is 11.8. The molecule has 1 N–H and O–H groups in total. The lowest BCUT2D eigenvalue weighted by atomic mass is 10.3. The number of unbranched alkanes of at least 4 members (excludes halogenated alkanes) is 2. The van der Waals surface area contributed by atoms with Crippen molar-refractivity contribution in [1.82, 2.24) is 10.4 Å². The number of nitrogens with one attached hydrogen (secondary N) is 1. The van der Waals surface area contributed by atoms with Gasteiger partial charge in [0.25, 0.3) is 5.91 Å². The normalized spacial score (nSPS) is 10.5. The summed E-state index contributed by atoms with van der Waals surface area (Å²) in [7, 11) is 0. The maximum Gasteiger partial charge on any atom is 0.290 e. The van der Waals surface area contributed by atoms with E-state index in [9.17, 15) is 14.4 Å². The third-order valence-electron chi connectivity index (χ3n) is 2.49. The highest BCUT2D eigenvalue weighted by Crippen LogP contribution is 2.00. The van der Waals surface area contributed by atoms with Crippen molar-refractivity contribution >= 4 is 18.1 Å². The number of carbonyl (C=O) groups excluding carboxylic acids is 3. The van der Waals surface area contributed by atoms with Gasteiger partial charge in [-0.15, -0.1) is 0 Å². The summed E-state index contributed by atoms with van der Waals surface area (Å²) in [5.41, 5.74) is 0. The number of nitrogens with zero attached hydrogens (tertiary/aromatic N) is 1. The van der Waals surface area contributed by atoms with E-state index in [-0.39, 0.29) is 19.3 Å². The van der Waals surface area contributed by atoms with E-state index in [4.69, 9.17) is 4.84 Å². The Hall–Kier alpha value is -1.27. The zero-order valence-corrected chi connectivity index (χ0v) is 11.8. The highest BCUT2D eigenvalue weighted by atomic mass is 16.7. The molecule has 0 aromatic rings. The van der Waals surface area contributed by atoms with Gasteiger partial charge in [0.2, 0.25) is 12.2 Å². The third-order valence-corrected chi connectivity index (χ3v) is 2.49. The van der Waals surface area contributed by atoms with Gasteiger partial charge in [-0.2, -0.15) is 5.06 Å². The molecular weight excluding hydrogens is 248 g/mol. The summed E-state index contributed by atoms with van der Waals surface area (Å²) in [5, 5.41) is 3.81. The number of rotatable bonds is 11. The predicted octanol–water partition coefficient (Wildman–Crippen LogP) is 1.05. The summed E-state index contributed by atoms with van der Waals surface area (Å²) in [6, 6.07) is 0. The lowest BCUT2D eigenvalue weighted by molar-refractivity contribution is -0.164. The highest BCUT2D eigenvalue weighted by Gasteiger charge is 2.09. The average molecular weight is 272 g/mol. The molecule has 0 saturated carbocycles. The van der Waals surface area contributed by atoms with E-state index in [1.807, 2.05) is 10.4 Å². The Balaban J connectivity index is 3.85. The van der Waals surface area contributed by atoms with Crippen LogP contribution in [0.1, 0.15) is 46.0 Å². The minimum atomic E-state index is -0.918. The maximum atomic E-state index is 11.2. The van der Waals surface area contributed by atoms with E-state index in [1.165, 1.54) is 0 Å². The fourth-order valence-corrected chi connectivity index (χ4v) is 1.41. The Morgan fingerprint density at radius 3 is 2.21 bits per heavy atom. The van der Waals surface area contributed by atoms with Gasteiger partial charge in [0.1, 0.15) is 0 Å². The molecule has 0 rings (SSSR count). The first-order valence-corrected chi connectivity index (χ1v) is 6.80. The second-order valence-electron chi connectivity index (χ2n) is 4.25. The average Bonchev–Trinajstić information content (AvgIpc) is 2.40. The molecule has 0 fully saturated rings. The first-order valence-electron chi connectivity index (χ1n) is 6.80. The summed E-state index contributed by atoms with van der Waals surface area (Å²) >= 11 is 0. The smallest absolute Gasteiger partial charge is 0.290 e. The van der Waals surface area contributed by atoms with E-state index in [0.717, 1.165) is 38.8 Å². The molecule has 0 unspecified atom stereocenters. The third kappa shape index (κ3) is 10.3. The summed E-state index contributed by atoms with van der Waals surface area (Å²) in [6.07, 6.45) is 4.39. The molecule has 0 radical (unpaired) electrons. The molecule has 0 saturated heterocycles. The molecule has 0 bridgehead atoms. The number of hydrogen-bond donors (Lipinski definition) is 1. The lowest BCUT2D eigenvalue weighted by Gasteiger charge is -2.21. The Morgan fingerprint density at radius 2 is 1.74 bits per heavy atom. The molecule has 0 atom stereocenters. The van der Waals surface area contributed by atoms with E-state index in [1.54, 1.807) is 0 Å². The van der Waals surface area contributed by atoms with Gasteiger partial charge >= 0.3 is 0 Å². The first-order chi connectivity index (χ1) is 9.13. The number of carbonyl (C=O) groups is 3. The van der Waals surface area contributed by atoms with Gasteiger partial charge in [0.15, 0.2) is 0 Å². The van der Waals surface area contributed by atoms with Crippen molar-refractivity contribution in [3.8, 4) is 0 Å². The molecule has 0 heterocycles. The van der Waals surface area contributed by atoms with Crippen LogP contribution in [0.15, 0.2) is 0 Å². The summed E-state index contributed by atoms with van der Waals surface area (Å²) < 4.78 is 0. The second kappa shape index (κ2) is 11.8. The van der Waals surface area contributed by atoms with Crippen LogP contribution in [0.25, 0.3) is 0 Å². The van der Waals surface area contributed by atoms with Crippen molar-refractivity contribution in [3.63, 3.8) is 0 Å². The maximum absolute atomic E-state index is 11.2. The van der Waals surface area contributed by atoms with Crippen molar-refractivity contribution in [2.45, 2.75) is 46.0 Å². The van der Waals surface area contributed by atoms with E-state index >= 15 is 0 Å². The van der Waals surface area contributed by atoms with E-state index in [2.05, 4.69) is 13.8 Å². The van der Waals surface area contributed by atoms with Crippen LogP contribution in [0.3, 0.4) is 0 Å². The molecule has 0 aliphatic rings. The molecule has 0 aromatic heterocycles. The summed E-state index contributed by atoms with van der Waals surface area (Å²) in [6.45, 7) is 6.11. The SMILES string of the molecule is CCCCN(CCCC)OCCC(=O)NC(=O)C=O. The van der Waals surface area contributed by atoms with Crippen molar-refractivity contribution < 1.29 is 19.2 Å². The van der Waals surface area contributed by atoms with E-state index in [0.29, 0.717) is 0 Å². The zero-order chi connectivity index (χ0) is 14.5. The van der Waals surface area contributed by atoms with Crippen LogP contribution in [0.5, 0.6) is 0 Å². The van der Waals surface area contributed by atoms with Gasteiger partial charge in [0.05, 0.1) is 13.0 Å². The number of aldehydes is 1. The van der Waals surface area contributed by atoms with Crippen LogP contribution in [0.4, 0.5) is 0 Å².